The summed E-state index contributed by atoms with van der Waals surface area (Å²) >= 11 is 0. The molecule has 0 bridgehead atoms. The average Bonchev–Trinajstić information content (AvgIpc) is 3.34. The van der Waals surface area contributed by atoms with Crippen LogP contribution >= 0.6 is 0 Å². The Hall–Kier alpha value is -3.74. The van der Waals surface area contributed by atoms with Gasteiger partial charge in [-0.25, -0.2) is 9.07 Å². The normalized spacial score (nSPS) is 10.8. The molecule has 2 heterocycles. The van der Waals surface area contributed by atoms with Crippen molar-refractivity contribution in [2.45, 2.75) is 13.5 Å². The van der Waals surface area contributed by atoms with Crippen LogP contribution < -0.4 is 5.32 Å². The Bertz CT molecular complexity index is 1100. The fourth-order valence-corrected chi connectivity index (χ4v) is 2.84. The van der Waals surface area contributed by atoms with Crippen LogP contribution in [0.5, 0.6) is 0 Å². The van der Waals surface area contributed by atoms with E-state index >= 15 is 0 Å². The van der Waals surface area contributed by atoms with Crippen LogP contribution in [0.4, 0.5) is 4.39 Å². The van der Waals surface area contributed by atoms with Crippen molar-refractivity contribution in [3.05, 3.63) is 89.7 Å². The third-order valence-electron chi connectivity index (χ3n) is 4.23. The summed E-state index contributed by atoms with van der Waals surface area (Å²) < 4.78 is 20.0. The van der Waals surface area contributed by atoms with Crippen molar-refractivity contribution in [3.8, 4) is 16.9 Å². The number of amides is 1. The number of halogens is 1. The van der Waals surface area contributed by atoms with Gasteiger partial charge in [-0.15, -0.1) is 0 Å². The average molecular weight is 376 g/mol. The number of para-hydroxylation sites is 1. The van der Waals surface area contributed by atoms with Gasteiger partial charge in [-0.2, -0.15) is 5.10 Å². The minimum atomic E-state index is -0.339. The molecule has 2 aromatic heterocycles. The first-order chi connectivity index (χ1) is 13.6. The van der Waals surface area contributed by atoms with Gasteiger partial charge in [-0.1, -0.05) is 23.4 Å². The van der Waals surface area contributed by atoms with Gasteiger partial charge in [0.25, 0.3) is 5.91 Å². The number of rotatable bonds is 5. The fraction of sp³-hybridized carbons (Fsp3) is 0.0952. The van der Waals surface area contributed by atoms with Crippen molar-refractivity contribution >= 4 is 5.91 Å². The molecule has 6 nitrogen and oxygen atoms in total. The minimum absolute atomic E-state index is 0.219. The van der Waals surface area contributed by atoms with Crippen LogP contribution in [-0.4, -0.2) is 20.8 Å². The molecule has 0 spiro atoms. The standard InChI is InChI=1S/C21H17FN4O2/c1-14-11-19(25-28-14)21(27)23-12-16-13-26(18-5-3-2-4-6-18)24-20(16)15-7-9-17(22)10-8-15/h2-11,13H,12H2,1H3,(H,23,27). The molecule has 0 saturated heterocycles. The van der Waals surface area contributed by atoms with Gasteiger partial charge in [0, 0.05) is 29.9 Å². The first-order valence-electron chi connectivity index (χ1n) is 8.71. The Labute approximate surface area is 160 Å². The molecule has 1 N–H and O–H groups in total. The summed E-state index contributed by atoms with van der Waals surface area (Å²) in [5, 5.41) is 11.2. The van der Waals surface area contributed by atoms with Crippen molar-refractivity contribution in [1.82, 2.24) is 20.3 Å². The number of carbonyl (C=O) groups excluding carboxylic acids is 1. The van der Waals surface area contributed by atoms with Gasteiger partial charge in [0.05, 0.1) is 11.4 Å². The molecule has 140 valence electrons. The Morgan fingerprint density at radius 3 is 2.57 bits per heavy atom. The van der Waals surface area contributed by atoms with Gasteiger partial charge in [-0.05, 0) is 43.3 Å². The summed E-state index contributed by atoms with van der Waals surface area (Å²) in [6.07, 6.45) is 1.85. The monoisotopic (exact) mass is 376 g/mol. The van der Waals surface area contributed by atoms with E-state index in [0.717, 1.165) is 16.8 Å². The lowest BCUT2D eigenvalue weighted by Gasteiger charge is -2.04. The Morgan fingerprint density at radius 1 is 1.14 bits per heavy atom. The molecular weight excluding hydrogens is 359 g/mol. The van der Waals surface area contributed by atoms with Crippen LogP contribution in [0.3, 0.4) is 0 Å². The predicted molar refractivity (Wildman–Crippen MR) is 101 cm³/mol. The number of carbonyl (C=O) groups is 1. The van der Waals surface area contributed by atoms with Crippen molar-refractivity contribution in [2.24, 2.45) is 0 Å². The number of hydrogen-bond acceptors (Lipinski definition) is 4. The first kappa shape index (κ1) is 17.7. The van der Waals surface area contributed by atoms with Gasteiger partial charge in [0.15, 0.2) is 5.69 Å². The zero-order valence-corrected chi connectivity index (χ0v) is 15.1. The molecule has 0 unspecified atom stereocenters. The fourth-order valence-electron chi connectivity index (χ4n) is 2.84. The van der Waals surface area contributed by atoms with Crippen LogP contribution in [0.1, 0.15) is 21.8 Å². The largest absolute Gasteiger partial charge is 0.361 e. The smallest absolute Gasteiger partial charge is 0.273 e. The zero-order valence-electron chi connectivity index (χ0n) is 15.1. The Kier molecular flexibility index (Phi) is 4.72. The van der Waals surface area contributed by atoms with E-state index in [0.29, 0.717) is 11.5 Å². The summed E-state index contributed by atoms with van der Waals surface area (Å²) in [7, 11) is 0. The molecule has 0 fully saturated rings. The second-order valence-electron chi connectivity index (χ2n) is 6.30. The number of hydrogen-bond donors (Lipinski definition) is 1. The lowest BCUT2D eigenvalue weighted by molar-refractivity contribution is 0.0942. The summed E-state index contributed by atoms with van der Waals surface area (Å²) in [5.41, 5.74) is 3.33. The highest BCUT2D eigenvalue weighted by Gasteiger charge is 2.15. The Morgan fingerprint density at radius 2 is 1.89 bits per heavy atom. The third-order valence-corrected chi connectivity index (χ3v) is 4.23. The first-order valence-corrected chi connectivity index (χ1v) is 8.71. The Balaban J connectivity index is 1.65. The van der Waals surface area contributed by atoms with Crippen LogP contribution in [-0.2, 0) is 6.54 Å². The van der Waals surface area contributed by atoms with E-state index in [-0.39, 0.29) is 24.0 Å². The van der Waals surface area contributed by atoms with Crippen molar-refractivity contribution < 1.29 is 13.7 Å². The second-order valence-corrected chi connectivity index (χ2v) is 6.30. The molecule has 28 heavy (non-hydrogen) atoms. The number of nitrogens with zero attached hydrogens (tertiary/aromatic N) is 3. The highest BCUT2D eigenvalue weighted by atomic mass is 19.1. The second kappa shape index (κ2) is 7.48. The van der Waals surface area contributed by atoms with E-state index in [4.69, 9.17) is 4.52 Å². The van der Waals surface area contributed by atoms with Crippen molar-refractivity contribution in [2.75, 3.05) is 0 Å². The molecule has 2 aromatic carbocycles. The highest BCUT2D eigenvalue weighted by molar-refractivity contribution is 5.92. The maximum atomic E-state index is 13.3. The van der Waals surface area contributed by atoms with E-state index < -0.39 is 0 Å². The molecule has 0 aliphatic rings. The summed E-state index contributed by atoms with van der Waals surface area (Å²) in [6.45, 7) is 1.96. The third kappa shape index (κ3) is 3.68. The van der Waals surface area contributed by atoms with Gasteiger partial charge >= 0.3 is 0 Å². The van der Waals surface area contributed by atoms with Crippen LogP contribution in [0.2, 0.25) is 0 Å². The van der Waals surface area contributed by atoms with Crippen molar-refractivity contribution in [1.29, 1.82) is 0 Å². The van der Waals surface area contributed by atoms with Gasteiger partial charge < -0.3 is 9.84 Å². The number of nitrogens with one attached hydrogen (secondary N) is 1. The molecule has 1 amide bonds. The van der Waals surface area contributed by atoms with Crippen molar-refractivity contribution in [3.63, 3.8) is 0 Å². The number of benzene rings is 2. The molecule has 0 radical (unpaired) electrons. The van der Waals surface area contributed by atoms with Crippen LogP contribution in [0, 0.1) is 12.7 Å². The summed E-state index contributed by atoms with van der Waals surface area (Å²) in [6, 6.07) is 17.3. The van der Waals surface area contributed by atoms with Crippen LogP contribution in [0.25, 0.3) is 16.9 Å². The van der Waals surface area contributed by atoms with E-state index in [1.807, 2.05) is 36.5 Å². The maximum absolute atomic E-state index is 13.3. The van der Waals surface area contributed by atoms with E-state index in [2.05, 4.69) is 15.6 Å². The highest BCUT2D eigenvalue weighted by Crippen LogP contribution is 2.24. The zero-order chi connectivity index (χ0) is 19.5. The molecule has 0 aliphatic carbocycles. The van der Waals surface area contributed by atoms with Gasteiger partial charge in [0.1, 0.15) is 11.6 Å². The predicted octanol–water partition coefficient (Wildman–Crippen LogP) is 3.90. The summed E-state index contributed by atoms with van der Waals surface area (Å²) in [5.74, 6) is -0.0917. The maximum Gasteiger partial charge on any atom is 0.273 e. The molecule has 7 heteroatoms. The molecule has 4 rings (SSSR count). The SMILES string of the molecule is Cc1cc(C(=O)NCc2cn(-c3ccccc3)nc2-c2ccc(F)cc2)no1. The quantitative estimate of drug-likeness (QED) is 0.573. The minimum Gasteiger partial charge on any atom is -0.361 e. The summed E-state index contributed by atoms with van der Waals surface area (Å²) in [4.78, 5) is 12.3. The lowest BCUT2D eigenvalue weighted by atomic mass is 10.1. The van der Waals surface area contributed by atoms with E-state index in [1.165, 1.54) is 12.1 Å². The molecular formula is C21H17FN4O2. The van der Waals surface area contributed by atoms with Gasteiger partial charge in [-0.3, -0.25) is 4.79 Å². The van der Waals surface area contributed by atoms with Gasteiger partial charge in [0.2, 0.25) is 0 Å². The molecule has 0 aliphatic heterocycles. The number of aromatic nitrogens is 3. The topological polar surface area (TPSA) is 73.0 Å². The van der Waals surface area contributed by atoms with E-state index in [9.17, 15) is 9.18 Å². The van der Waals surface area contributed by atoms with E-state index in [1.54, 1.807) is 29.8 Å². The van der Waals surface area contributed by atoms with Crippen LogP contribution in [0.15, 0.2) is 71.4 Å². The molecule has 0 saturated carbocycles. The molecule has 0 atom stereocenters. The lowest BCUT2D eigenvalue weighted by Crippen LogP contribution is -2.23. The molecule has 4 aromatic rings. The number of aryl methyl sites for hydroxylation is 1.